The lowest BCUT2D eigenvalue weighted by atomic mass is 10.1. The summed E-state index contributed by atoms with van der Waals surface area (Å²) in [4.78, 5) is 11.9. The molecule has 2 rings (SSSR count). The van der Waals surface area contributed by atoms with Crippen LogP contribution in [0.5, 0.6) is 0 Å². The molecule has 18 heavy (non-hydrogen) atoms. The van der Waals surface area contributed by atoms with Gasteiger partial charge in [0.05, 0.1) is 30.0 Å². The second-order valence-corrected chi connectivity index (χ2v) is 3.91. The smallest absolute Gasteiger partial charge is 0.340 e. The van der Waals surface area contributed by atoms with Crippen LogP contribution < -0.4 is 0 Å². The van der Waals surface area contributed by atoms with Crippen molar-refractivity contribution in [2.45, 2.75) is 20.0 Å². The fraction of sp³-hybridized carbons (Fsp3) is 0.385. The molecule has 2 aromatic rings. The zero-order valence-electron chi connectivity index (χ0n) is 10.7. The third-order valence-electron chi connectivity index (χ3n) is 2.86. The first-order valence-corrected chi connectivity index (χ1v) is 5.85. The number of hydrogen-bond acceptors (Lipinski definition) is 4. The van der Waals surface area contributed by atoms with Crippen LogP contribution in [0.15, 0.2) is 24.5 Å². The molecule has 5 heteroatoms. The Morgan fingerprint density at radius 1 is 1.56 bits per heavy atom. The second kappa shape index (κ2) is 5.18. The zero-order chi connectivity index (χ0) is 13.1. The van der Waals surface area contributed by atoms with Gasteiger partial charge >= 0.3 is 5.97 Å². The summed E-state index contributed by atoms with van der Waals surface area (Å²) in [5.41, 5.74) is 2.11. The van der Waals surface area contributed by atoms with E-state index in [-0.39, 0.29) is 12.1 Å². The maximum atomic E-state index is 11.9. The molecule has 0 saturated heterocycles. The van der Waals surface area contributed by atoms with E-state index in [0.29, 0.717) is 12.2 Å². The van der Waals surface area contributed by atoms with Gasteiger partial charge in [0, 0.05) is 18.9 Å². The Labute approximate surface area is 105 Å². The Kier molecular flexibility index (Phi) is 3.62. The summed E-state index contributed by atoms with van der Waals surface area (Å²) >= 11 is 0. The maximum absolute atomic E-state index is 11.9. The van der Waals surface area contributed by atoms with E-state index in [4.69, 9.17) is 9.47 Å². The summed E-state index contributed by atoms with van der Waals surface area (Å²) in [6.45, 7) is 4.01. The lowest BCUT2D eigenvalue weighted by molar-refractivity contribution is 0.0515. The summed E-state index contributed by atoms with van der Waals surface area (Å²) in [6.07, 6.45) is 3.15. The number of esters is 1. The van der Waals surface area contributed by atoms with Crippen molar-refractivity contribution < 1.29 is 14.3 Å². The molecular weight excluding hydrogens is 232 g/mol. The minimum absolute atomic E-state index is 0.204. The molecule has 2 aromatic heterocycles. The zero-order valence-corrected chi connectivity index (χ0v) is 10.7. The predicted molar refractivity (Wildman–Crippen MR) is 66.6 cm³/mol. The van der Waals surface area contributed by atoms with Crippen molar-refractivity contribution in [2.24, 2.45) is 0 Å². The van der Waals surface area contributed by atoms with Gasteiger partial charge in [-0.2, -0.15) is 5.10 Å². The SMILES string of the molecule is CCOC(=O)c1cnn2cccc2c1[C@H](C)OC. The van der Waals surface area contributed by atoms with Gasteiger partial charge < -0.3 is 9.47 Å². The number of rotatable bonds is 4. The number of aromatic nitrogens is 2. The van der Waals surface area contributed by atoms with E-state index in [1.807, 2.05) is 25.3 Å². The van der Waals surface area contributed by atoms with Gasteiger partial charge in [-0.05, 0) is 26.0 Å². The summed E-state index contributed by atoms with van der Waals surface area (Å²) in [5.74, 6) is -0.368. The number of fused-ring (bicyclic) bond motifs is 1. The van der Waals surface area contributed by atoms with E-state index in [1.165, 1.54) is 6.20 Å². The van der Waals surface area contributed by atoms with E-state index in [9.17, 15) is 4.79 Å². The van der Waals surface area contributed by atoms with Gasteiger partial charge in [0.25, 0.3) is 0 Å². The molecule has 0 aliphatic heterocycles. The molecule has 0 aliphatic carbocycles. The normalized spacial score (nSPS) is 12.6. The van der Waals surface area contributed by atoms with E-state index in [2.05, 4.69) is 5.10 Å². The van der Waals surface area contributed by atoms with Crippen molar-refractivity contribution in [1.29, 1.82) is 0 Å². The number of methoxy groups -OCH3 is 1. The Bertz CT molecular complexity index is 562. The Morgan fingerprint density at radius 2 is 2.33 bits per heavy atom. The average molecular weight is 248 g/mol. The quantitative estimate of drug-likeness (QED) is 0.778. The van der Waals surface area contributed by atoms with Crippen LogP contribution in [0.4, 0.5) is 0 Å². The van der Waals surface area contributed by atoms with Gasteiger partial charge in [-0.15, -0.1) is 0 Å². The summed E-state index contributed by atoms with van der Waals surface area (Å²) in [5, 5.41) is 4.18. The minimum atomic E-state index is -0.368. The number of hydrogen-bond donors (Lipinski definition) is 0. The third kappa shape index (κ3) is 2.09. The van der Waals surface area contributed by atoms with Gasteiger partial charge in [0.2, 0.25) is 0 Å². The van der Waals surface area contributed by atoms with E-state index >= 15 is 0 Å². The van der Waals surface area contributed by atoms with Crippen LogP contribution >= 0.6 is 0 Å². The average Bonchev–Trinajstić information content (AvgIpc) is 2.85. The van der Waals surface area contributed by atoms with Crippen LogP contribution in [-0.4, -0.2) is 29.3 Å². The molecule has 0 aromatic carbocycles. The van der Waals surface area contributed by atoms with Crippen LogP contribution in [-0.2, 0) is 9.47 Å². The second-order valence-electron chi connectivity index (χ2n) is 3.91. The molecule has 0 aliphatic rings. The molecular formula is C13H16N2O3. The number of carbonyl (C=O) groups is 1. The monoisotopic (exact) mass is 248 g/mol. The Hall–Kier alpha value is -1.88. The summed E-state index contributed by atoms with van der Waals surface area (Å²) < 4.78 is 12.1. The van der Waals surface area contributed by atoms with Gasteiger partial charge in [-0.25, -0.2) is 9.31 Å². The fourth-order valence-corrected chi connectivity index (χ4v) is 1.93. The van der Waals surface area contributed by atoms with E-state index in [0.717, 1.165) is 11.1 Å². The Morgan fingerprint density at radius 3 is 3.00 bits per heavy atom. The molecule has 96 valence electrons. The molecule has 0 bridgehead atoms. The molecule has 0 N–H and O–H groups in total. The highest BCUT2D eigenvalue weighted by molar-refractivity contribution is 5.93. The molecule has 1 atom stereocenters. The van der Waals surface area contributed by atoms with E-state index in [1.54, 1.807) is 18.5 Å². The topological polar surface area (TPSA) is 52.8 Å². The van der Waals surface area contributed by atoms with Gasteiger partial charge in [-0.3, -0.25) is 0 Å². The van der Waals surface area contributed by atoms with Gasteiger partial charge in [0.15, 0.2) is 0 Å². The molecule has 5 nitrogen and oxygen atoms in total. The number of carbonyl (C=O) groups excluding carboxylic acids is 1. The highest BCUT2D eigenvalue weighted by Crippen LogP contribution is 2.25. The molecule has 0 saturated carbocycles. The maximum Gasteiger partial charge on any atom is 0.340 e. The first-order chi connectivity index (χ1) is 8.69. The standard InChI is InChI=1S/C13H16N2O3/c1-4-18-13(16)10-8-14-15-7-5-6-11(15)12(10)9(2)17-3/h5-9H,4H2,1-3H3/t9-/m0/s1. The minimum Gasteiger partial charge on any atom is -0.462 e. The molecule has 0 unspecified atom stereocenters. The van der Waals surface area contributed by atoms with E-state index < -0.39 is 0 Å². The lowest BCUT2D eigenvalue weighted by Crippen LogP contribution is -2.13. The van der Waals surface area contributed by atoms with Crippen molar-refractivity contribution >= 4 is 11.5 Å². The van der Waals surface area contributed by atoms with Crippen molar-refractivity contribution in [3.8, 4) is 0 Å². The highest BCUT2D eigenvalue weighted by Gasteiger charge is 2.21. The van der Waals surface area contributed by atoms with Crippen molar-refractivity contribution in [1.82, 2.24) is 9.61 Å². The van der Waals surface area contributed by atoms with Crippen molar-refractivity contribution in [3.63, 3.8) is 0 Å². The van der Waals surface area contributed by atoms with Crippen molar-refractivity contribution in [3.05, 3.63) is 35.7 Å². The van der Waals surface area contributed by atoms with Gasteiger partial charge in [0.1, 0.15) is 0 Å². The van der Waals surface area contributed by atoms with Crippen LogP contribution in [0, 0.1) is 0 Å². The predicted octanol–water partition coefficient (Wildman–Crippen LogP) is 2.22. The lowest BCUT2D eigenvalue weighted by Gasteiger charge is -2.15. The van der Waals surface area contributed by atoms with Crippen LogP contribution in [0.3, 0.4) is 0 Å². The largest absolute Gasteiger partial charge is 0.462 e. The van der Waals surface area contributed by atoms with Crippen LogP contribution in [0.1, 0.15) is 35.9 Å². The first kappa shape index (κ1) is 12.6. The first-order valence-electron chi connectivity index (χ1n) is 5.85. The number of nitrogens with zero attached hydrogens (tertiary/aromatic N) is 2. The number of ether oxygens (including phenoxy) is 2. The molecule has 0 fully saturated rings. The van der Waals surface area contributed by atoms with Crippen LogP contribution in [0.2, 0.25) is 0 Å². The summed E-state index contributed by atoms with van der Waals surface area (Å²) in [7, 11) is 1.61. The summed E-state index contributed by atoms with van der Waals surface area (Å²) in [6, 6.07) is 3.78. The fourth-order valence-electron chi connectivity index (χ4n) is 1.93. The van der Waals surface area contributed by atoms with Crippen LogP contribution in [0.25, 0.3) is 5.52 Å². The third-order valence-corrected chi connectivity index (χ3v) is 2.86. The Balaban J connectivity index is 2.60. The molecule has 0 amide bonds. The molecule has 0 radical (unpaired) electrons. The van der Waals surface area contributed by atoms with Gasteiger partial charge in [-0.1, -0.05) is 0 Å². The highest BCUT2D eigenvalue weighted by atomic mass is 16.5. The van der Waals surface area contributed by atoms with Crippen molar-refractivity contribution in [2.75, 3.05) is 13.7 Å². The molecule has 2 heterocycles. The molecule has 0 spiro atoms.